The Morgan fingerprint density at radius 3 is 2.47 bits per heavy atom. The van der Waals surface area contributed by atoms with Gasteiger partial charge < -0.3 is 4.74 Å². The van der Waals surface area contributed by atoms with Crippen LogP contribution in [0.15, 0.2) is 0 Å². The van der Waals surface area contributed by atoms with Gasteiger partial charge in [0.25, 0.3) is 0 Å². The molecule has 1 rings (SSSR count). The second-order valence-corrected chi connectivity index (χ2v) is 5.27. The summed E-state index contributed by atoms with van der Waals surface area (Å²) in [6, 6.07) is 0. The molecule has 0 aromatic rings. The molecule has 0 aromatic heterocycles. The summed E-state index contributed by atoms with van der Waals surface area (Å²) >= 11 is 0. The summed E-state index contributed by atoms with van der Waals surface area (Å²) in [5, 5.41) is 0. The van der Waals surface area contributed by atoms with Crippen molar-refractivity contribution in [3.8, 4) is 0 Å². The van der Waals surface area contributed by atoms with Gasteiger partial charge in [-0.1, -0.05) is 34.1 Å². The van der Waals surface area contributed by atoms with Crippen LogP contribution >= 0.6 is 0 Å². The Kier molecular flexibility index (Phi) is 3.80. The SMILES string of the molecule is CC[C@@]1(C)[C@H](C)CC[C@H](OC(C)=O)[C@@H]1C. The fourth-order valence-corrected chi connectivity index (χ4v) is 2.91. The van der Waals surface area contributed by atoms with Crippen molar-refractivity contribution in [3.63, 3.8) is 0 Å². The minimum absolute atomic E-state index is 0.128. The van der Waals surface area contributed by atoms with Gasteiger partial charge in [0.1, 0.15) is 6.10 Å². The molecule has 0 spiro atoms. The van der Waals surface area contributed by atoms with E-state index < -0.39 is 0 Å². The van der Waals surface area contributed by atoms with Crippen LogP contribution in [0.5, 0.6) is 0 Å². The van der Waals surface area contributed by atoms with Gasteiger partial charge in [0.05, 0.1) is 0 Å². The summed E-state index contributed by atoms with van der Waals surface area (Å²) in [6.07, 6.45) is 3.49. The summed E-state index contributed by atoms with van der Waals surface area (Å²) in [5.74, 6) is 1.05. The zero-order valence-corrected chi connectivity index (χ0v) is 10.7. The van der Waals surface area contributed by atoms with Gasteiger partial charge in [0.2, 0.25) is 0 Å². The second kappa shape index (κ2) is 4.54. The Balaban J connectivity index is 2.76. The van der Waals surface area contributed by atoms with E-state index in [4.69, 9.17) is 4.74 Å². The smallest absolute Gasteiger partial charge is 0.302 e. The number of carbonyl (C=O) groups excluding carboxylic acids is 1. The van der Waals surface area contributed by atoms with E-state index in [1.165, 1.54) is 13.3 Å². The van der Waals surface area contributed by atoms with Gasteiger partial charge >= 0.3 is 5.97 Å². The summed E-state index contributed by atoms with van der Waals surface area (Å²) in [6.45, 7) is 10.6. The van der Waals surface area contributed by atoms with Crippen molar-refractivity contribution < 1.29 is 9.53 Å². The predicted octanol–water partition coefficient (Wildman–Crippen LogP) is 3.40. The van der Waals surface area contributed by atoms with Crippen molar-refractivity contribution >= 4 is 5.97 Å². The van der Waals surface area contributed by atoms with Crippen molar-refractivity contribution in [2.75, 3.05) is 0 Å². The molecule has 2 heteroatoms. The van der Waals surface area contributed by atoms with Crippen molar-refractivity contribution in [3.05, 3.63) is 0 Å². The Morgan fingerprint density at radius 1 is 1.40 bits per heavy atom. The van der Waals surface area contributed by atoms with E-state index >= 15 is 0 Å². The number of hydrogen-bond acceptors (Lipinski definition) is 2. The quantitative estimate of drug-likeness (QED) is 0.656. The molecule has 0 heterocycles. The van der Waals surface area contributed by atoms with Gasteiger partial charge in [0, 0.05) is 6.92 Å². The molecule has 0 aromatic carbocycles. The fraction of sp³-hybridized carbons (Fsp3) is 0.923. The molecule has 0 N–H and O–H groups in total. The molecule has 2 nitrogen and oxygen atoms in total. The molecule has 0 aliphatic heterocycles. The van der Waals surface area contributed by atoms with E-state index in [0.29, 0.717) is 11.3 Å². The number of rotatable bonds is 2. The van der Waals surface area contributed by atoms with Crippen molar-refractivity contribution in [2.24, 2.45) is 17.3 Å². The topological polar surface area (TPSA) is 26.3 Å². The molecule has 0 radical (unpaired) electrons. The zero-order chi connectivity index (χ0) is 11.6. The maximum absolute atomic E-state index is 11.0. The van der Waals surface area contributed by atoms with Crippen molar-refractivity contribution in [2.45, 2.75) is 60.0 Å². The van der Waals surface area contributed by atoms with E-state index in [-0.39, 0.29) is 12.1 Å². The second-order valence-electron chi connectivity index (χ2n) is 5.27. The standard InChI is InChI=1S/C13H24O2/c1-6-13(5)9(2)7-8-12(10(13)3)15-11(4)14/h9-10,12H,6-8H2,1-5H3/t9-,10+,12+,13+/m1/s1. The van der Waals surface area contributed by atoms with Gasteiger partial charge in [-0.05, 0) is 30.1 Å². The lowest BCUT2D eigenvalue weighted by Gasteiger charge is -2.48. The molecule has 1 aliphatic carbocycles. The normalized spacial score (nSPS) is 41.3. The van der Waals surface area contributed by atoms with Gasteiger partial charge in [0.15, 0.2) is 0 Å². The molecule has 0 saturated heterocycles. The molecule has 88 valence electrons. The van der Waals surface area contributed by atoms with Gasteiger partial charge in [-0.2, -0.15) is 0 Å². The Labute approximate surface area is 93.4 Å². The lowest BCUT2D eigenvalue weighted by Crippen LogP contribution is -2.44. The first-order valence-corrected chi connectivity index (χ1v) is 6.09. The third-order valence-electron chi connectivity index (χ3n) is 4.69. The first-order valence-electron chi connectivity index (χ1n) is 6.09. The van der Waals surface area contributed by atoms with Crippen LogP contribution in [0.1, 0.15) is 53.9 Å². The predicted molar refractivity (Wildman–Crippen MR) is 61.5 cm³/mol. The van der Waals surface area contributed by atoms with Crippen LogP contribution in [0.2, 0.25) is 0 Å². The first-order chi connectivity index (χ1) is 6.91. The molecule has 15 heavy (non-hydrogen) atoms. The molecule has 0 unspecified atom stereocenters. The average molecular weight is 212 g/mol. The molecule has 0 bridgehead atoms. The third-order valence-corrected chi connectivity index (χ3v) is 4.69. The van der Waals surface area contributed by atoms with E-state index in [2.05, 4.69) is 27.7 Å². The van der Waals surface area contributed by atoms with Gasteiger partial charge in [-0.25, -0.2) is 0 Å². The maximum Gasteiger partial charge on any atom is 0.302 e. The molecular weight excluding hydrogens is 188 g/mol. The molecule has 4 atom stereocenters. The Morgan fingerprint density at radius 2 is 2.00 bits per heavy atom. The number of ether oxygens (including phenoxy) is 1. The van der Waals surface area contributed by atoms with Crippen LogP contribution in [0.3, 0.4) is 0 Å². The maximum atomic E-state index is 11.0. The van der Waals surface area contributed by atoms with E-state index in [0.717, 1.165) is 18.8 Å². The number of hydrogen-bond donors (Lipinski definition) is 0. The van der Waals surface area contributed by atoms with Crippen LogP contribution < -0.4 is 0 Å². The summed E-state index contributed by atoms with van der Waals surface area (Å²) in [7, 11) is 0. The molecule has 0 amide bonds. The highest BCUT2D eigenvalue weighted by atomic mass is 16.5. The highest BCUT2D eigenvalue weighted by Gasteiger charge is 2.44. The van der Waals surface area contributed by atoms with E-state index in [1.807, 2.05) is 0 Å². The lowest BCUT2D eigenvalue weighted by molar-refractivity contribution is -0.157. The van der Waals surface area contributed by atoms with Crippen LogP contribution in [0, 0.1) is 17.3 Å². The van der Waals surface area contributed by atoms with Crippen LogP contribution in [-0.2, 0) is 9.53 Å². The van der Waals surface area contributed by atoms with E-state index in [1.54, 1.807) is 0 Å². The molecule has 1 fully saturated rings. The van der Waals surface area contributed by atoms with Gasteiger partial charge in [-0.3, -0.25) is 4.79 Å². The zero-order valence-electron chi connectivity index (χ0n) is 10.7. The van der Waals surface area contributed by atoms with Crippen LogP contribution in [0.25, 0.3) is 0 Å². The summed E-state index contributed by atoms with van der Waals surface area (Å²) < 4.78 is 5.41. The first kappa shape index (κ1) is 12.5. The minimum atomic E-state index is -0.139. The van der Waals surface area contributed by atoms with Crippen LogP contribution in [-0.4, -0.2) is 12.1 Å². The monoisotopic (exact) mass is 212 g/mol. The largest absolute Gasteiger partial charge is 0.462 e. The van der Waals surface area contributed by atoms with Gasteiger partial charge in [-0.15, -0.1) is 0 Å². The van der Waals surface area contributed by atoms with Crippen molar-refractivity contribution in [1.82, 2.24) is 0 Å². The fourth-order valence-electron chi connectivity index (χ4n) is 2.91. The van der Waals surface area contributed by atoms with Crippen molar-refractivity contribution in [1.29, 1.82) is 0 Å². The number of carbonyl (C=O) groups is 1. The number of esters is 1. The Hall–Kier alpha value is -0.530. The summed E-state index contributed by atoms with van der Waals surface area (Å²) in [5.41, 5.74) is 0.318. The molecular formula is C13H24O2. The Bertz CT molecular complexity index is 237. The molecule has 1 saturated carbocycles. The highest BCUT2D eigenvalue weighted by molar-refractivity contribution is 5.66. The summed E-state index contributed by atoms with van der Waals surface area (Å²) in [4.78, 5) is 11.0. The highest BCUT2D eigenvalue weighted by Crippen LogP contribution is 2.48. The average Bonchev–Trinajstić information content (AvgIpc) is 2.19. The minimum Gasteiger partial charge on any atom is -0.462 e. The third kappa shape index (κ3) is 2.35. The lowest BCUT2D eigenvalue weighted by atomic mass is 9.60. The van der Waals surface area contributed by atoms with E-state index in [9.17, 15) is 4.79 Å². The van der Waals surface area contributed by atoms with Crippen LogP contribution in [0.4, 0.5) is 0 Å². The molecule has 1 aliphatic rings.